The number of unbranched alkanes of at least 4 members (excludes halogenated alkanes) is 3. The van der Waals surface area contributed by atoms with Gasteiger partial charge >= 0.3 is 30.0 Å². The Morgan fingerprint density at radius 2 is 0.896 bits per heavy atom. The summed E-state index contributed by atoms with van der Waals surface area (Å²) < 4.78 is 5.06. The van der Waals surface area contributed by atoms with Gasteiger partial charge < -0.3 is 149 Å². The molecule has 32 N–H and O–H groups in total. The number of nitro groups is 1. The maximum absolute atomic E-state index is 14.8. The summed E-state index contributed by atoms with van der Waals surface area (Å²) in [6, 6.07) is -11.8. The van der Waals surface area contributed by atoms with Crippen LogP contribution in [0, 0.1) is 10.1 Å². The zero-order chi connectivity index (χ0) is 101. The van der Waals surface area contributed by atoms with E-state index in [4.69, 9.17) is 33.4 Å². The van der Waals surface area contributed by atoms with Crippen molar-refractivity contribution in [3.8, 4) is 0 Å². The van der Waals surface area contributed by atoms with Gasteiger partial charge in [0.2, 0.25) is 88.6 Å². The molecule has 0 aliphatic rings. The van der Waals surface area contributed by atoms with Gasteiger partial charge in [0, 0.05) is 57.5 Å². The molecule has 1 heterocycles. The first-order chi connectivity index (χ1) is 63.8. The number of aliphatic hydroxyl groups is 2. The van der Waals surface area contributed by atoms with E-state index in [9.17, 15) is 137 Å². The number of rotatable bonds is 65. The summed E-state index contributed by atoms with van der Waals surface area (Å²) in [6.07, 6.45) is -5.33. The third-order valence-electron chi connectivity index (χ3n) is 20.2. The molecule has 53 nitrogen and oxygen atoms in total. The number of nitrogens with two attached hydrogens (primary N) is 5. The Morgan fingerprint density at radius 3 is 1.36 bits per heavy atom. The Labute approximate surface area is 773 Å². The average Bonchev–Trinajstić information content (AvgIpc) is 1.66. The molecule has 0 aliphatic carbocycles. The van der Waals surface area contributed by atoms with Gasteiger partial charge in [-0.15, -0.1) is 0 Å². The number of amides is 16. The Hall–Kier alpha value is -14.6. The first-order valence-corrected chi connectivity index (χ1v) is 43.2. The number of carboxylic acid groups (broad SMARTS) is 4. The van der Waals surface area contributed by atoms with Crippen LogP contribution in [0.15, 0.2) is 72.1 Å². The zero-order valence-electron chi connectivity index (χ0n) is 75.1. The lowest BCUT2D eigenvalue weighted by atomic mass is 10.0. The van der Waals surface area contributed by atoms with Gasteiger partial charge in [-0.3, -0.25) is 101 Å². The molecule has 0 saturated carbocycles. The highest BCUT2D eigenvalue weighted by Gasteiger charge is 2.39. The topological polar surface area (TPSA) is 867 Å². The monoisotopic (exact) mass is 1910 g/mol. The fraction of sp³-hybridized carbons (Fsp3) is 0.561. The van der Waals surface area contributed by atoms with E-state index >= 15 is 0 Å². The second-order valence-electron chi connectivity index (χ2n) is 31.3. The second kappa shape index (κ2) is 60.4. The molecule has 135 heavy (non-hydrogen) atoms. The van der Waals surface area contributed by atoms with Gasteiger partial charge in [-0.25, -0.2) is 14.6 Å². The number of benzene rings is 2. The molecule has 0 spiro atoms. The third kappa shape index (κ3) is 44.0. The fourth-order valence-electron chi connectivity index (χ4n) is 12.7. The number of alkyl carbamates (subject to hydrolysis) is 1. The van der Waals surface area contributed by atoms with Gasteiger partial charge in [-0.1, -0.05) is 62.2 Å². The van der Waals surface area contributed by atoms with Gasteiger partial charge in [0.25, 0.3) is 5.69 Å². The van der Waals surface area contributed by atoms with E-state index in [1.54, 1.807) is 37.3 Å². The van der Waals surface area contributed by atoms with Crippen LogP contribution in [-0.4, -0.2) is 293 Å². The lowest BCUT2D eigenvalue weighted by Gasteiger charge is -2.28. The smallest absolute Gasteiger partial charge is 0.407 e. The van der Waals surface area contributed by atoms with Gasteiger partial charge in [-0.05, 0) is 123 Å². The van der Waals surface area contributed by atoms with E-state index in [0.717, 1.165) is 13.8 Å². The molecule has 3 rings (SSSR count). The van der Waals surface area contributed by atoms with Crippen molar-refractivity contribution in [2.45, 2.75) is 266 Å². The highest BCUT2D eigenvalue weighted by molar-refractivity contribution is 6.01. The van der Waals surface area contributed by atoms with Crippen molar-refractivity contribution in [3.05, 3.63) is 94.1 Å². The van der Waals surface area contributed by atoms with Gasteiger partial charge in [0.1, 0.15) is 91.2 Å². The number of carbonyl (C=O) groups excluding carboxylic acids is 16. The van der Waals surface area contributed by atoms with Gasteiger partial charge in [-0.2, -0.15) is 0 Å². The van der Waals surface area contributed by atoms with Crippen LogP contribution in [-0.2, 0) is 115 Å². The van der Waals surface area contributed by atoms with Crippen LogP contribution in [0.3, 0.4) is 0 Å². The zero-order valence-corrected chi connectivity index (χ0v) is 75.1. The number of carboxylic acids is 4. The Morgan fingerprint density at radius 1 is 0.474 bits per heavy atom. The molecule has 16 atom stereocenters. The van der Waals surface area contributed by atoms with E-state index in [1.807, 2.05) is 5.32 Å². The number of nitrogens with one attached hydrogen (secondary N) is 16. The Kier molecular flexibility index (Phi) is 51.3. The molecule has 2 aromatic carbocycles. The van der Waals surface area contributed by atoms with E-state index < -0.39 is 297 Å². The highest BCUT2D eigenvalue weighted by atomic mass is 16.6. The van der Waals surface area contributed by atoms with Crippen molar-refractivity contribution in [2.75, 3.05) is 26.2 Å². The molecule has 1 aromatic heterocycles. The van der Waals surface area contributed by atoms with Crippen LogP contribution >= 0.6 is 0 Å². The van der Waals surface area contributed by atoms with E-state index in [1.165, 1.54) is 50.6 Å². The molecular formula is C82H124N24O29. The number of aliphatic carboxylic acids is 4. The number of imidazole rings is 1. The minimum absolute atomic E-state index is 0.0199. The Bertz CT molecular complexity index is 4560. The van der Waals surface area contributed by atoms with Gasteiger partial charge in [0.15, 0.2) is 5.96 Å². The predicted molar refractivity (Wildman–Crippen MR) is 473 cm³/mol. The number of ether oxygens (including phenoxy) is 1. The van der Waals surface area contributed by atoms with E-state index in [2.05, 4.69) is 89.4 Å². The number of hydrogen-bond acceptors (Lipinski definition) is 29. The lowest BCUT2D eigenvalue weighted by Crippen LogP contribution is -2.61. The molecule has 0 fully saturated rings. The van der Waals surface area contributed by atoms with Crippen LogP contribution in [0.4, 0.5) is 10.5 Å². The number of hydrogen-bond donors (Lipinski definition) is 27. The van der Waals surface area contributed by atoms with Crippen molar-refractivity contribution in [2.24, 2.45) is 33.7 Å². The largest absolute Gasteiger partial charge is 0.481 e. The number of aliphatic hydroxyl groups excluding tert-OH is 2. The summed E-state index contributed by atoms with van der Waals surface area (Å²) in [5.74, 6) is -23.3. The third-order valence-corrected chi connectivity index (χ3v) is 20.2. The van der Waals surface area contributed by atoms with Crippen LogP contribution in [0.1, 0.15) is 167 Å². The van der Waals surface area contributed by atoms with E-state index in [-0.39, 0.29) is 101 Å². The van der Waals surface area contributed by atoms with Crippen molar-refractivity contribution in [1.82, 2.24) is 89.7 Å². The standard InChI is InChI=1S/C82H124N24O29/c1-6-7-22-50(71(121)103-58(37-64(114)115)78(128)104-59(39-107)80(130)131)98-77(127)57(36-48-38-88-41-91-48)102-74(124)53(26-29-61(85)109)99-70(120)52(24-17-34-89-81(86)87)97-73(123)54(27-30-62(110)111)100-76(126)56(35-46-18-9-8-10-19-46)101-72(122)51(23-13-15-32-83)95-68(118)44(4)93-66(116)42(2)92-67(117)43(3)94-79(129)65(45(5)108)105-75(125)55(28-31-63(112)113)96-69(119)49(84)21-14-16-33-90-82(132)135-40-47-20-11-12-25-60(47)106(133)134/h8-12,18-20,25,38,41-45,49-59,65,107-108H,6-7,13-17,21-24,26-37,39-40,83-84H2,1-5H3,(H2,85,109)(H,88,91)(H,90,132)(H,92,117)(H,93,116)(H,94,129)(H,95,118)(H,96,119)(H,97,123)(H,98,127)(H,99,120)(H,100,126)(H,101,122)(H,102,124)(H,103,121)(H,104,128)(H,105,125)(H,110,111)(H,112,113)(H,114,115)(H,130,131)(H4,86,87,89)/t42-,43-,44-,45+,49-,50-,51-,52-,53-,54-,55-,56-,57-,58-,59-,65-/m0/s1. The number of primary amides is 1. The maximum atomic E-state index is 14.8. The number of nitro benzene ring substituents is 1. The minimum Gasteiger partial charge on any atom is -0.481 e. The van der Waals surface area contributed by atoms with E-state index in [0.29, 0.717) is 12.0 Å². The van der Waals surface area contributed by atoms with Crippen LogP contribution in [0.5, 0.6) is 0 Å². The highest BCUT2D eigenvalue weighted by Crippen LogP contribution is 2.20. The molecule has 746 valence electrons. The molecule has 0 radical (unpaired) electrons. The fourth-order valence-corrected chi connectivity index (χ4v) is 12.7. The molecule has 0 bridgehead atoms. The van der Waals surface area contributed by atoms with Crippen molar-refractivity contribution < 1.29 is 136 Å². The maximum Gasteiger partial charge on any atom is 0.407 e. The minimum atomic E-state index is -1.97. The van der Waals surface area contributed by atoms with Gasteiger partial charge in [0.05, 0.1) is 47.7 Å². The molecule has 0 aliphatic heterocycles. The summed E-state index contributed by atoms with van der Waals surface area (Å²) in [6.45, 7) is 4.74. The first-order valence-electron chi connectivity index (χ1n) is 43.2. The van der Waals surface area contributed by atoms with Crippen LogP contribution in [0.25, 0.3) is 0 Å². The Balaban J connectivity index is 1.86. The number of para-hydroxylation sites is 1. The summed E-state index contributed by atoms with van der Waals surface area (Å²) in [5, 5.41) is 105. The normalized spacial score (nSPS) is 14.5. The summed E-state index contributed by atoms with van der Waals surface area (Å²) >= 11 is 0. The first kappa shape index (κ1) is 115. The number of H-pyrrole nitrogens is 1. The van der Waals surface area contributed by atoms with Crippen molar-refractivity contribution in [3.63, 3.8) is 0 Å². The molecule has 0 saturated heterocycles. The lowest BCUT2D eigenvalue weighted by molar-refractivity contribution is -0.385. The molecule has 3 aromatic rings. The predicted octanol–water partition coefficient (Wildman–Crippen LogP) is -7.33. The summed E-state index contributed by atoms with van der Waals surface area (Å²) in [7, 11) is 0. The number of nitrogens with zero attached hydrogens (tertiary/aromatic N) is 3. The van der Waals surface area contributed by atoms with Crippen LogP contribution in [0.2, 0.25) is 0 Å². The molecule has 16 amide bonds. The number of aromatic nitrogens is 2. The number of aliphatic imine (C=N–C) groups is 1. The quantitative estimate of drug-likeness (QED) is 0.00821. The van der Waals surface area contributed by atoms with Crippen molar-refractivity contribution >= 4 is 130 Å². The van der Waals surface area contributed by atoms with Crippen molar-refractivity contribution in [1.29, 1.82) is 0 Å². The number of guanidine groups is 1. The SMILES string of the molecule is CCCC[C@H](NC(=O)[C@H](Cc1c[nH]cn1)NC(=O)[C@H](CCC(N)=O)NC(=O)[C@H](CCCN=C(N)N)NC(=O)[C@H](CCC(=O)O)NC(=O)[C@H](Cc1ccccc1)NC(=O)[C@H](CCCCN)NC(=O)[C@H](C)NC(=O)[C@H](C)NC(=O)[C@H](C)NC(=O)[C@@H](NC(=O)[C@H](CCC(=O)O)NC(=O)[C@@H](N)CCCCNC(=O)OCc1ccccc1[N+](=O)[O-])[C@@H](C)O)C(=O)N[C@@H](CC(=O)O)C(=O)N[C@@H](CO)C(=O)O. The molecule has 0 unspecified atom stereocenters. The average molecular weight is 1910 g/mol. The molecular weight excluding hydrogens is 1790 g/mol. The number of carbonyl (C=O) groups is 20. The molecule has 53 heteroatoms. The second-order valence-corrected chi connectivity index (χ2v) is 31.3. The van der Waals surface area contributed by atoms with Crippen LogP contribution < -0.4 is 108 Å². The summed E-state index contributed by atoms with van der Waals surface area (Å²) in [5.41, 5.74) is 29.0. The summed E-state index contributed by atoms with van der Waals surface area (Å²) in [4.78, 5) is 290. The number of aromatic amines is 1.